The standard InChI is InChI=1S/C13H12N3O.CH2O.ClH/c1-17-13-9-11(7-8-12(13)16-14)15-10-5-3-2-4-6-10;1-2;/h2-9,15H,1H3;1H2;1H/q+1;;/p-1. The molecule has 2 aromatic rings. The highest BCUT2D eigenvalue weighted by molar-refractivity contribution is 5.68. The molecule has 6 heteroatoms. The van der Waals surface area contributed by atoms with Crippen LogP contribution in [0.25, 0.3) is 4.98 Å². The van der Waals surface area contributed by atoms with Crippen LogP contribution in [0.2, 0.25) is 0 Å². The van der Waals surface area contributed by atoms with Crippen molar-refractivity contribution in [2.45, 2.75) is 0 Å². The molecule has 0 aliphatic heterocycles. The van der Waals surface area contributed by atoms with Gasteiger partial charge >= 0.3 is 5.69 Å². The number of nitrogens with one attached hydrogen (secondary N) is 1. The Bertz CT molecular complexity index is 570. The van der Waals surface area contributed by atoms with E-state index in [0.717, 1.165) is 11.4 Å². The molecule has 0 spiro atoms. The van der Waals surface area contributed by atoms with E-state index in [-0.39, 0.29) is 12.4 Å². The maximum Gasteiger partial charge on any atom is 0.426 e. The highest BCUT2D eigenvalue weighted by atomic mass is 35.5. The lowest BCUT2D eigenvalue weighted by Gasteiger charge is -2.06. The minimum absolute atomic E-state index is 0. The number of para-hydroxylation sites is 1. The predicted octanol–water partition coefficient (Wildman–Crippen LogP) is 0.742. The zero-order chi connectivity index (χ0) is 14.1. The van der Waals surface area contributed by atoms with Crippen LogP contribution in [0, 0.1) is 5.39 Å². The lowest BCUT2D eigenvalue weighted by molar-refractivity contribution is -0.0980. The minimum Gasteiger partial charge on any atom is -1.00 e. The van der Waals surface area contributed by atoms with Crippen LogP contribution >= 0.6 is 0 Å². The third-order valence-electron chi connectivity index (χ3n) is 2.35. The zero-order valence-corrected chi connectivity index (χ0v) is 11.7. The van der Waals surface area contributed by atoms with Crippen molar-refractivity contribution in [2.24, 2.45) is 0 Å². The van der Waals surface area contributed by atoms with Gasteiger partial charge in [-0.15, -0.1) is 0 Å². The fourth-order valence-corrected chi connectivity index (χ4v) is 1.53. The number of hydrogen-bond donors (Lipinski definition) is 1. The zero-order valence-electron chi connectivity index (χ0n) is 10.9. The van der Waals surface area contributed by atoms with E-state index in [2.05, 4.69) is 10.3 Å². The van der Waals surface area contributed by atoms with Crippen LogP contribution < -0.4 is 22.5 Å². The molecule has 104 valence electrons. The van der Waals surface area contributed by atoms with E-state index in [9.17, 15) is 0 Å². The van der Waals surface area contributed by atoms with Crippen molar-refractivity contribution in [3.05, 3.63) is 53.5 Å². The van der Waals surface area contributed by atoms with Crippen molar-refractivity contribution in [1.82, 2.24) is 0 Å². The smallest absolute Gasteiger partial charge is 0.426 e. The number of benzene rings is 2. The molecule has 0 saturated carbocycles. The molecule has 0 aliphatic rings. The minimum atomic E-state index is 0. The van der Waals surface area contributed by atoms with E-state index in [1.54, 1.807) is 12.1 Å². The normalized spacial score (nSPS) is 8.20. The van der Waals surface area contributed by atoms with Crippen LogP contribution in [0.3, 0.4) is 0 Å². The van der Waals surface area contributed by atoms with Crippen LogP contribution in [-0.4, -0.2) is 13.9 Å². The summed E-state index contributed by atoms with van der Waals surface area (Å²) in [5.74, 6) is 0.522. The van der Waals surface area contributed by atoms with E-state index in [1.807, 2.05) is 43.2 Å². The number of hydrogen-bond acceptors (Lipinski definition) is 4. The number of carbonyl (C=O) groups is 1. The van der Waals surface area contributed by atoms with Crippen molar-refractivity contribution < 1.29 is 21.9 Å². The molecule has 0 unspecified atom stereocenters. The lowest BCUT2D eigenvalue weighted by atomic mass is 10.2. The van der Waals surface area contributed by atoms with E-state index in [4.69, 9.17) is 14.9 Å². The Kier molecular flexibility index (Phi) is 8.16. The summed E-state index contributed by atoms with van der Waals surface area (Å²) >= 11 is 0. The lowest BCUT2D eigenvalue weighted by Crippen LogP contribution is -3.00. The number of methoxy groups -OCH3 is 1. The van der Waals surface area contributed by atoms with Crippen LogP contribution in [-0.2, 0) is 4.79 Å². The van der Waals surface area contributed by atoms with Gasteiger partial charge in [-0.05, 0) is 18.2 Å². The first-order valence-corrected chi connectivity index (χ1v) is 5.47. The quantitative estimate of drug-likeness (QED) is 0.847. The molecular formula is C14H14ClN3O2. The number of anilines is 2. The maximum atomic E-state index is 8.75. The first-order chi connectivity index (χ1) is 9.33. The van der Waals surface area contributed by atoms with Gasteiger partial charge in [0.05, 0.1) is 7.11 Å². The molecule has 0 aliphatic carbocycles. The van der Waals surface area contributed by atoms with Crippen molar-refractivity contribution in [1.29, 1.82) is 5.39 Å². The summed E-state index contributed by atoms with van der Waals surface area (Å²) in [7, 11) is 1.54. The summed E-state index contributed by atoms with van der Waals surface area (Å²) in [4.78, 5) is 11.1. The number of carbonyl (C=O) groups excluding carboxylic acids is 1. The summed E-state index contributed by atoms with van der Waals surface area (Å²) in [6, 6.07) is 15.1. The number of halogens is 1. The van der Waals surface area contributed by atoms with Gasteiger partial charge in [0.25, 0.3) is 0 Å². The van der Waals surface area contributed by atoms with Crippen molar-refractivity contribution in [2.75, 3.05) is 12.4 Å². The molecular weight excluding hydrogens is 278 g/mol. The van der Waals surface area contributed by atoms with Crippen molar-refractivity contribution in [3.63, 3.8) is 0 Å². The van der Waals surface area contributed by atoms with Crippen LogP contribution in [0.5, 0.6) is 5.75 Å². The Morgan fingerprint density at radius 2 is 1.75 bits per heavy atom. The highest BCUT2D eigenvalue weighted by Gasteiger charge is 2.14. The molecule has 0 aromatic heterocycles. The monoisotopic (exact) mass is 291 g/mol. The Labute approximate surface area is 123 Å². The molecule has 0 bridgehead atoms. The number of diazo groups is 1. The second-order valence-electron chi connectivity index (χ2n) is 3.48. The van der Waals surface area contributed by atoms with Crippen LogP contribution in [0.1, 0.15) is 0 Å². The molecule has 1 N–H and O–H groups in total. The fraction of sp³-hybridized carbons (Fsp3) is 0.0714. The van der Waals surface area contributed by atoms with Gasteiger partial charge < -0.3 is 27.3 Å². The summed E-state index contributed by atoms with van der Waals surface area (Å²) in [6.07, 6.45) is 0. The van der Waals surface area contributed by atoms with E-state index in [0.29, 0.717) is 11.4 Å². The first-order valence-electron chi connectivity index (χ1n) is 5.47. The van der Waals surface area contributed by atoms with Gasteiger partial charge in [-0.25, -0.2) is 0 Å². The molecule has 5 nitrogen and oxygen atoms in total. The molecule has 2 aromatic carbocycles. The predicted molar refractivity (Wildman–Crippen MR) is 74.6 cm³/mol. The Morgan fingerprint density at radius 3 is 2.30 bits per heavy atom. The molecule has 2 rings (SSSR count). The van der Waals surface area contributed by atoms with Gasteiger partial charge in [0.1, 0.15) is 6.79 Å². The van der Waals surface area contributed by atoms with Gasteiger partial charge in [0, 0.05) is 23.5 Å². The van der Waals surface area contributed by atoms with Crippen molar-refractivity contribution >= 4 is 23.9 Å². The number of nitrogens with zero attached hydrogens (tertiary/aromatic N) is 2. The third kappa shape index (κ3) is 4.59. The molecule has 0 saturated heterocycles. The van der Waals surface area contributed by atoms with E-state index in [1.165, 1.54) is 7.11 Å². The van der Waals surface area contributed by atoms with E-state index >= 15 is 0 Å². The summed E-state index contributed by atoms with van der Waals surface area (Å²) < 4.78 is 5.12. The highest BCUT2D eigenvalue weighted by Crippen LogP contribution is 2.31. The molecule has 0 fully saturated rings. The molecule has 0 radical (unpaired) electrons. The molecule has 0 amide bonds. The molecule has 0 atom stereocenters. The summed E-state index contributed by atoms with van der Waals surface area (Å²) in [5, 5.41) is 12.0. The fourth-order valence-electron chi connectivity index (χ4n) is 1.53. The number of rotatable bonds is 3. The van der Waals surface area contributed by atoms with Gasteiger partial charge in [0.2, 0.25) is 11.1 Å². The second-order valence-corrected chi connectivity index (χ2v) is 3.48. The third-order valence-corrected chi connectivity index (χ3v) is 2.35. The van der Waals surface area contributed by atoms with E-state index < -0.39 is 0 Å². The van der Waals surface area contributed by atoms with Crippen LogP contribution in [0.4, 0.5) is 17.1 Å². The first kappa shape index (κ1) is 17.4. The topological polar surface area (TPSA) is 66.5 Å². The maximum absolute atomic E-state index is 8.75. The Morgan fingerprint density at radius 1 is 1.10 bits per heavy atom. The van der Waals surface area contributed by atoms with Gasteiger partial charge in [0.15, 0.2) is 4.98 Å². The molecule has 0 heterocycles. The van der Waals surface area contributed by atoms with Gasteiger partial charge in [-0.3, -0.25) is 0 Å². The van der Waals surface area contributed by atoms with Crippen LogP contribution in [0.15, 0.2) is 48.5 Å². The van der Waals surface area contributed by atoms with Gasteiger partial charge in [-0.1, -0.05) is 18.2 Å². The summed E-state index contributed by atoms with van der Waals surface area (Å²) in [5.41, 5.74) is 2.27. The average molecular weight is 292 g/mol. The van der Waals surface area contributed by atoms with Crippen molar-refractivity contribution in [3.8, 4) is 5.75 Å². The Hall–Kier alpha value is -2.58. The second kappa shape index (κ2) is 9.36. The van der Waals surface area contributed by atoms with Gasteiger partial charge in [-0.2, -0.15) is 0 Å². The Balaban J connectivity index is 0.00000115. The molecule has 20 heavy (non-hydrogen) atoms. The number of ether oxygens (including phenoxy) is 1. The SMILES string of the molecule is C=O.COc1cc(Nc2ccccc2)ccc1[N+]#N.[Cl-]. The largest absolute Gasteiger partial charge is 1.00 e. The average Bonchev–Trinajstić information content (AvgIpc) is 2.50. The summed E-state index contributed by atoms with van der Waals surface area (Å²) in [6.45, 7) is 2.00.